The van der Waals surface area contributed by atoms with Crippen molar-refractivity contribution in [3.8, 4) is 0 Å². The minimum atomic E-state index is -1.15. The molecule has 2 rings (SSSR count). The van der Waals surface area contributed by atoms with Gasteiger partial charge < -0.3 is 10.0 Å². The van der Waals surface area contributed by atoms with Crippen LogP contribution < -0.4 is 0 Å². The number of nitrogens with zero attached hydrogens (tertiary/aromatic N) is 2. The largest absolute Gasteiger partial charge is 0.477 e. The normalized spacial score (nSPS) is 15.2. The topological polar surface area (TPSA) is 70.5 Å². The van der Waals surface area contributed by atoms with E-state index in [0.29, 0.717) is 13.0 Å². The van der Waals surface area contributed by atoms with E-state index in [2.05, 4.69) is 4.98 Å². The molecule has 6 heteroatoms. The van der Waals surface area contributed by atoms with Crippen molar-refractivity contribution in [1.29, 1.82) is 0 Å². The minimum absolute atomic E-state index is 0.0421. The molecule has 1 N–H and O–H groups in total. The zero-order chi connectivity index (χ0) is 13.1. The lowest BCUT2D eigenvalue weighted by atomic mass is 10.2. The fraction of sp³-hybridized carbons (Fsp3) is 0.250. The van der Waals surface area contributed by atoms with Crippen LogP contribution in [-0.2, 0) is 0 Å². The summed E-state index contributed by atoms with van der Waals surface area (Å²) in [6.07, 6.45) is 3.13. The number of carboxylic acids is 1. The highest BCUT2D eigenvalue weighted by Crippen LogP contribution is 2.14. The zero-order valence-electron chi connectivity index (χ0n) is 9.47. The van der Waals surface area contributed by atoms with Crippen LogP contribution in [0.1, 0.15) is 27.3 Å². The molecule has 0 aliphatic carbocycles. The number of carboxylic acid groups (broad SMARTS) is 1. The van der Waals surface area contributed by atoms with Crippen molar-refractivity contribution >= 4 is 11.9 Å². The first-order valence-electron chi connectivity index (χ1n) is 5.41. The van der Waals surface area contributed by atoms with Gasteiger partial charge in [-0.05, 0) is 24.6 Å². The molecule has 0 saturated heterocycles. The molecule has 0 atom stereocenters. The Bertz CT molecular complexity index is 511. The van der Waals surface area contributed by atoms with Gasteiger partial charge in [-0.25, -0.2) is 14.2 Å². The lowest BCUT2D eigenvalue weighted by molar-refractivity contribution is 0.0687. The van der Waals surface area contributed by atoms with E-state index in [1.807, 2.05) is 0 Å². The molecule has 2 heterocycles. The summed E-state index contributed by atoms with van der Waals surface area (Å²) in [6, 6.07) is 2.64. The molecule has 1 aliphatic heterocycles. The number of aromatic nitrogens is 1. The Morgan fingerprint density at radius 2 is 2.17 bits per heavy atom. The number of carbonyl (C=O) groups excluding carboxylic acids is 1. The molecule has 18 heavy (non-hydrogen) atoms. The number of pyridine rings is 1. The third-order valence-electron chi connectivity index (χ3n) is 2.62. The van der Waals surface area contributed by atoms with Crippen molar-refractivity contribution in [1.82, 2.24) is 9.88 Å². The van der Waals surface area contributed by atoms with Crippen LogP contribution in [0.25, 0.3) is 0 Å². The maximum absolute atomic E-state index is 13.1. The zero-order valence-corrected chi connectivity index (χ0v) is 9.47. The second-order valence-corrected chi connectivity index (χ2v) is 3.90. The molecule has 0 bridgehead atoms. The van der Waals surface area contributed by atoms with Gasteiger partial charge in [-0.1, -0.05) is 0 Å². The summed E-state index contributed by atoms with van der Waals surface area (Å²) in [6.45, 7) is 0.409. The van der Waals surface area contributed by atoms with Crippen LogP contribution in [0.5, 0.6) is 0 Å². The Morgan fingerprint density at radius 1 is 1.39 bits per heavy atom. The summed E-state index contributed by atoms with van der Waals surface area (Å²) in [5, 5.41) is 8.68. The van der Waals surface area contributed by atoms with Crippen molar-refractivity contribution in [2.24, 2.45) is 0 Å². The smallest absolute Gasteiger partial charge is 0.354 e. The van der Waals surface area contributed by atoms with Crippen LogP contribution in [0.2, 0.25) is 0 Å². The second-order valence-electron chi connectivity index (χ2n) is 3.90. The summed E-state index contributed by atoms with van der Waals surface area (Å²) >= 11 is 0. The Labute approximate surface area is 103 Å². The number of hydrogen-bond acceptors (Lipinski definition) is 3. The van der Waals surface area contributed by atoms with Gasteiger partial charge in [0.15, 0.2) is 0 Å². The molecule has 0 saturated carbocycles. The SMILES string of the molecule is O=C(O)c1ccc(C(=O)N2CCC=C(F)C2)cn1. The van der Waals surface area contributed by atoms with Gasteiger partial charge in [0.05, 0.1) is 12.1 Å². The summed E-state index contributed by atoms with van der Waals surface area (Å²) in [4.78, 5) is 27.6. The monoisotopic (exact) mass is 250 g/mol. The third kappa shape index (κ3) is 2.53. The van der Waals surface area contributed by atoms with Crippen molar-refractivity contribution in [2.75, 3.05) is 13.1 Å². The van der Waals surface area contributed by atoms with Crippen LogP contribution >= 0.6 is 0 Å². The average Bonchev–Trinajstić information content (AvgIpc) is 2.38. The Kier molecular flexibility index (Phi) is 3.36. The molecule has 0 unspecified atom stereocenters. The molecule has 1 aromatic heterocycles. The Balaban J connectivity index is 2.14. The standard InChI is InChI=1S/C12H11FN2O3/c13-9-2-1-5-15(7-9)11(16)8-3-4-10(12(17)18)14-6-8/h2-4,6H,1,5,7H2,(H,17,18). The van der Waals surface area contributed by atoms with E-state index in [0.717, 1.165) is 0 Å². The van der Waals surface area contributed by atoms with Gasteiger partial charge in [-0.15, -0.1) is 0 Å². The van der Waals surface area contributed by atoms with Gasteiger partial charge in [0, 0.05) is 12.7 Å². The highest BCUT2D eigenvalue weighted by atomic mass is 19.1. The van der Waals surface area contributed by atoms with Gasteiger partial charge in [0.25, 0.3) is 5.91 Å². The van der Waals surface area contributed by atoms with Crippen molar-refractivity contribution in [3.63, 3.8) is 0 Å². The van der Waals surface area contributed by atoms with Crippen LogP contribution in [0, 0.1) is 0 Å². The maximum atomic E-state index is 13.1. The molecule has 94 valence electrons. The number of hydrogen-bond donors (Lipinski definition) is 1. The van der Waals surface area contributed by atoms with E-state index in [1.54, 1.807) is 0 Å². The summed E-state index contributed by atoms with van der Waals surface area (Å²) < 4.78 is 13.1. The lowest BCUT2D eigenvalue weighted by Gasteiger charge is -2.24. The van der Waals surface area contributed by atoms with Gasteiger partial charge in [0.2, 0.25) is 0 Å². The highest BCUT2D eigenvalue weighted by Gasteiger charge is 2.20. The number of halogens is 1. The fourth-order valence-corrected chi connectivity index (χ4v) is 1.71. The van der Waals surface area contributed by atoms with Crippen LogP contribution in [0.15, 0.2) is 30.2 Å². The van der Waals surface area contributed by atoms with E-state index < -0.39 is 5.97 Å². The summed E-state index contributed by atoms with van der Waals surface area (Å²) in [5.41, 5.74) is 0.131. The number of carbonyl (C=O) groups is 2. The summed E-state index contributed by atoms with van der Waals surface area (Å²) in [5.74, 6) is -1.83. The van der Waals surface area contributed by atoms with Gasteiger partial charge in [-0.2, -0.15) is 0 Å². The highest BCUT2D eigenvalue weighted by molar-refractivity contribution is 5.95. The van der Waals surface area contributed by atoms with Crippen molar-refractivity contribution < 1.29 is 19.1 Å². The molecule has 0 aromatic carbocycles. The van der Waals surface area contributed by atoms with Gasteiger partial charge in [-0.3, -0.25) is 4.79 Å². The van der Waals surface area contributed by atoms with E-state index in [9.17, 15) is 14.0 Å². The molecule has 1 amide bonds. The quantitative estimate of drug-likeness (QED) is 0.863. The number of amides is 1. The van der Waals surface area contributed by atoms with E-state index in [1.165, 1.54) is 29.3 Å². The number of rotatable bonds is 2. The second kappa shape index (κ2) is 4.95. The number of aromatic carboxylic acids is 1. The van der Waals surface area contributed by atoms with Crippen molar-refractivity contribution in [2.45, 2.75) is 6.42 Å². The first-order valence-corrected chi connectivity index (χ1v) is 5.41. The minimum Gasteiger partial charge on any atom is -0.477 e. The predicted octanol–water partition coefficient (Wildman–Crippen LogP) is 1.48. The van der Waals surface area contributed by atoms with Crippen LogP contribution in [0.3, 0.4) is 0 Å². The first-order chi connectivity index (χ1) is 8.58. The average molecular weight is 250 g/mol. The molecular formula is C12H11FN2O3. The third-order valence-corrected chi connectivity index (χ3v) is 2.62. The Morgan fingerprint density at radius 3 is 2.72 bits per heavy atom. The van der Waals surface area contributed by atoms with Gasteiger partial charge in [0.1, 0.15) is 11.5 Å². The van der Waals surface area contributed by atoms with E-state index in [4.69, 9.17) is 5.11 Å². The molecule has 0 radical (unpaired) electrons. The molecule has 0 spiro atoms. The van der Waals surface area contributed by atoms with Crippen molar-refractivity contribution in [3.05, 3.63) is 41.5 Å². The Hall–Kier alpha value is -2.24. The molecule has 1 aliphatic rings. The van der Waals surface area contributed by atoms with E-state index >= 15 is 0 Å². The lowest BCUT2D eigenvalue weighted by Crippen LogP contribution is -2.35. The molecule has 1 aromatic rings. The van der Waals surface area contributed by atoms with Crippen LogP contribution in [-0.4, -0.2) is 40.0 Å². The molecule has 5 nitrogen and oxygen atoms in total. The first kappa shape index (κ1) is 12.2. The predicted molar refractivity (Wildman–Crippen MR) is 60.9 cm³/mol. The van der Waals surface area contributed by atoms with E-state index in [-0.39, 0.29) is 29.5 Å². The summed E-state index contributed by atoms with van der Waals surface area (Å²) in [7, 11) is 0. The molecular weight excluding hydrogens is 239 g/mol. The van der Waals surface area contributed by atoms with Gasteiger partial charge >= 0.3 is 5.97 Å². The van der Waals surface area contributed by atoms with Crippen LogP contribution in [0.4, 0.5) is 4.39 Å². The maximum Gasteiger partial charge on any atom is 0.354 e. The molecule has 0 fully saturated rings. The fourth-order valence-electron chi connectivity index (χ4n) is 1.71.